The highest BCUT2D eigenvalue weighted by Crippen LogP contribution is 2.29. The largest absolute Gasteiger partial charge is 0.277 e. The molecule has 0 unspecified atom stereocenters. The molecule has 34 heavy (non-hydrogen) atoms. The van der Waals surface area contributed by atoms with Crippen LogP contribution in [0.15, 0.2) is 58.5 Å². The number of benzene rings is 2. The molecule has 0 saturated heterocycles. The van der Waals surface area contributed by atoms with Crippen molar-refractivity contribution in [1.29, 1.82) is 0 Å². The number of nitrogens with one attached hydrogen (secondary N) is 1. The molecule has 0 bridgehead atoms. The summed E-state index contributed by atoms with van der Waals surface area (Å²) in [4.78, 5) is 10.4. The van der Waals surface area contributed by atoms with Gasteiger partial charge in [0.25, 0.3) is 5.69 Å². The van der Waals surface area contributed by atoms with Crippen molar-refractivity contribution in [2.45, 2.75) is 39.1 Å². The number of nitro groups is 1. The Labute approximate surface area is 199 Å². The molecule has 10 nitrogen and oxygen atoms in total. The molecule has 0 radical (unpaired) electrons. The van der Waals surface area contributed by atoms with E-state index in [1.54, 1.807) is 20.1 Å². The fourth-order valence-corrected chi connectivity index (χ4v) is 5.23. The lowest BCUT2D eigenvalue weighted by Gasteiger charge is -2.20. The number of anilines is 1. The van der Waals surface area contributed by atoms with E-state index in [1.807, 2.05) is 48.9 Å². The minimum atomic E-state index is -3.95. The number of sulfonamides is 1. The lowest BCUT2D eigenvalue weighted by molar-refractivity contribution is -0.385. The minimum absolute atomic E-state index is 0.153. The number of aryl methyl sites for hydroxylation is 1. The van der Waals surface area contributed by atoms with Gasteiger partial charge < -0.3 is 0 Å². The molecule has 11 heteroatoms. The molecule has 0 aliphatic rings. The number of nitro benzene ring substituents is 1. The van der Waals surface area contributed by atoms with Crippen molar-refractivity contribution in [3.63, 3.8) is 0 Å². The molecule has 0 aliphatic heterocycles. The van der Waals surface area contributed by atoms with Crippen molar-refractivity contribution < 1.29 is 13.3 Å². The third-order valence-electron chi connectivity index (χ3n) is 5.49. The maximum atomic E-state index is 13.1. The molecule has 0 saturated carbocycles. The Morgan fingerprint density at radius 1 is 1.15 bits per heavy atom. The van der Waals surface area contributed by atoms with Crippen molar-refractivity contribution >= 4 is 27.6 Å². The normalized spacial score (nSPS) is 11.9. The third kappa shape index (κ3) is 5.32. The Bertz CT molecular complexity index is 1300. The number of hydrogen-bond donors (Lipinski definition) is 1. The zero-order valence-corrected chi connectivity index (χ0v) is 20.4. The first-order valence-corrected chi connectivity index (χ1v) is 12.3. The van der Waals surface area contributed by atoms with Gasteiger partial charge in [-0.15, -0.1) is 0 Å². The van der Waals surface area contributed by atoms with Gasteiger partial charge in [-0.05, 0) is 25.5 Å². The lowest BCUT2D eigenvalue weighted by atomic mass is 10.2. The van der Waals surface area contributed by atoms with E-state index in [-0.39, 0.29) is 29.4 Å². The molecule has 0 fully saturated rings. The van der Waals surface area contributed by atoms with Gasteiger partial charge in [0.05, 0.1) is 29.1 Å². The summed E-state index contributed by atoms with van der Waals surface area (Å²) in [7, 11) is -3.95. The second kappa shape index (κ2) is 10.6. The number of nitrogens with zero attached hydrogens (tertiary/aromatic N) is 5. The van der Waals surface area contributed by atoms with Crippen LogP contribution >= 0.6 is 0 Å². The molecule has 0 atom stereocenters. The van der Waals surface area contributed by atoms with Gasteiger partial charge in [-0.2, -0.15) is 14.5 Å². The number of aromatic nitrogens is 2. The average molecular weight is 485 g/mol. The number of rotatable bonds is 10. The van der Waals surface area contributed by atoms with Gasteiger partial charge in [0.2, 0.25) is 10.0 Å². The standard InChI is InChI=1S/C23H28N6O4S/c1-5-27(6-2)34(32,33)23-14-20(29(30)31)12-13-22(23)25-24-15-21-17(3)26-28(18(21)4)16-19-10-8-7-9-11-19/h7-15,25H,5-6,16H2,1-4H3/b24-15+. The van der Waals surface area contributed by atoms with Crippen LogP contribution in [0.25, 0.3) is 0 Å². The molecular weight excluding hydrogens is 456 g/mol. The molecule has 1 heterocycles. The predicted molar refractivity (Wildman–Crippen MR) is 132 cm³/mol. The minimum Gasteiger partial charge on any atom is -0.277 e. The van der Waals surface area contributed by atoms with E-state index < -0.39 is 14.9 Å². The Morgan fingerprint density at radius 3 is 2.44 bits per heavy atom. The van der Waals surface area contributed by atoms with Crippen LogP contribution in [0.4, 0.5) is 11.4 Å². The summed E-state index contributed by atoms with van der Waals surface area (Å²) in [5.41, 5.74) is 6.20. The van der Waals surface area contributed by atoms with Crippen LogP contribution in [0, 0.1) is 24.0 Å². The van der Waals surface area contributed by atoms with E-state index in [0.29, 0.717) is 6.54 Å². The zero-order chi connectivity index (χ0) is 24.9. The highest BCUT2D eigenvalue weighted by atomic mass is 32.2. The van der Waals surface area contributed by atoms with E-state index in [1.165, 1.54) is 16.4 Å². The SMILES string of the molecule is CCN(CC)S(=O)(=O)c1cc([N+](=O)[O-])ccc1N/N=C/c1c(C)nn(Cc2ccccc2)c1C. The van der Waals surface area contributed by atoms with Gasteiger partial charge in [0.15, 0.2) is 0 Å². The Kier molecular flexibility index (Phi) is 7.79. The van der Waals surface area contributed by atoms with Crippen molar-refractivity contribution in [3.05, 3.63) is 81.2 Å². The summed E-state index contributed by atoms with van der Waals surface area (Å²) in [6.07, 6.45) is 1.58. The molecule has 0 amide bonds. The summed E-state index contributed by atoms with van der Waals surface area (Å²) < 4.78 is 29.3. The van der Waals surface area contributed by atoms with Gasteiger partial charge in [-0.25, -0.2) is 8.42 Å². The summed E-state index contributed by atoms with van der Waals surface area (Å²) in [6.45, 7) is 8.32. The van der Waals surface area contributed by atoms with E-state index >= 15 is 0 Å². The Morgan fingerprint density at radius 2 is 1.82 bits per heavy atom. The highest BCUT2D eigenvalue weighted by molar-refractivity contribution is 7.89. The van der Waals surface area contributed by atoms with Crippen LogP contribution in [0.2, 0.25) is 0 Å². The zero-order valence-electron chi connectivity index (χ0n) is 19.6. The molecule has 3 rings (SSSR count). The van der Waals surface area contributed by atoms with Crippen molar-refractivity contribution in [2.24, 2.45) is 5.10 Å². The maximum Gasteiger partial charge on any atom is 0.270 e. The highest BCUT2D eigenvalue weighted by Gasteiger charge is 2.27. The molecule has 1 N–H and O–H groups in total. The second-order valence-corrected chi connectivity index (χ2v) is 9.53. The average Bonchev–Trinajstić information content (AvgIpc) is 3.07. The summed E-state index contributed by atoms with van der Waals surface area (Å²) >= 11 is 0. The topological polar surface area (TPSA) is 123 Å². The lowest BCUT2D eigenvalue weighted by Crippen LogP contribution is -2.31. The van der Waals surface area contributed by atoms with Crippen LogP contribution in [0.1, 0.15) is 36.4 Å². The number of hydrazone groups is 1. The van der Waals surface area contributed by atoms with E-state index in [2.05, 4.69) is 15.6 Å². The molecule has 1 aromatic heterocycles. The van der Waals surface area contributed by atoms with Crippen molar-refractivity contribution in [1.82, 2.24) is 14.1 Å². The molecule has 180 valence electrons. The quantitative estimate of drug-likeness (QED) is 0.264. The Hall–Kier alpha value is -3.57. The van der Waals surface area contributed by atoms with Gasteiger partial charge in [0.1, 0.15) is 4.90 Å². The summed E-state index contributed by atoms with van der Waals surface area (Å²) in [5.74, 6) is 0. The maximum absolute atomic E-state index is 13.1. The molecular formula is C23H28N6O4S. The monoisotopic (exact) mass is 484 g/mol. The first-order chi connectivity index (χ1) is 16.2. The fraction of sp³-hybridized carbons (Fsp3) is 0.304. The first-order valence-electron chi connectivity index (χ1n) is 10.8. The first kappa shape index (κ1) is 25.1. The Balaban J connectivity index is 1.91. The predicted octanol–water partition coefficient (Wildman–Crippen LogP) is 3.93. The number of non-ortho nitro benzene ring substituents is 1. The number of hydrogen-bond acceptors (Lipinski definition) is 7. The molecule has 0 spiro atoms. The van der Waals surface area contributed by atoms with Gasteiger partial charge in [-0.1, -0.05) is 44.2 Å². The molecule has 0 aliphatic carbocycles. The molecule has 3 aromatic rings. The van der Waals surface area contributed by atoms with Crippen LogP contribution < -0.4 is 5.43 Å². The third-order valence-corrected chi connectivity index (χ3v) is 7.58. The van der Waals surface area contributed by atoms with E-state index in [0.717, 1.165) is 28.6 Å². The van der Waals surface area contributed by atoms with Crippen molar-refractivity contribution in [3.8, 4) is 0 Å². The van der Waals surface area contributed by atoms with Crippen LogP contribution in [0.5, 0.6) is 0 Å². The smallest absolute Gasteiger partial charge is 0.270 e. The fourth-order valence-electron chi connectivity index (χ4n) is 3.61. The van der Waals surface area contributed by atoms with Crippen LogP contribution in [-0.2, 0) is 16.6 Å². The van der Waals surface area contributed by atoms with Crippen molar-refractivity contribution in [2.75, 3.05) is 18.5 Å². The second-order valence-electron chi connectivity index (χ2n) is 7.62. The molecule has 2 aromatic carbocycles. The summed E-state index contributed by atoms with van der Waals surface area (Å²) in [6, 6.07) is 13.6. The van der Waals surface area contributed by atoms with Crippen LogP contribution in [0.3, 0.4) is 0 Å². The van der Waals surface area contributed by atoms with Gasteiger partial charge >= 0.3 is 0 Å². The van der Waals surface area contributed by atoms with Crippen LogP contribution in [-0.4, -0.2) is 46.7 Å². The summed E-state index contributed by atoms with van der Waals surface area (Å²) in [5, 5.41) is 20.1. The van der Waals surface area contributed by atoms with Gasteiger partial charge in [0, 0.05) is 36.5 Å². The van der Waals surface area contributed by atoms with Gasteiger partial charge in [-0.3, -0.25) is 20.2 Å². The van der Waals surface area contributed by atoms with E-state index in [9.17, 15) is 18.5 Å². The van der Waals surface area contributed by atoms with E-state index in [4.69, 9.17) is 0 Å².